The van der Waals surface area contributed by atoms with Gasteiger partial charge >= 0.3 is 0 Å². The number of hydrogen-bond acceptors (Lipinski definition) is 4. The van der Waals surface area contributed by atoms with Crippen molar-refractivity contribution in [3.8, 4) is 0 Å². The van der Waals surface area contributed by atoms with Crippen LogP contribution in [-0.4, -0.2) is 62.3 Å². The molecule has 18 heavy (non-hydrogen) atoms. The third-order valence-electron chi connectivity index (χ3n) is 3.68. The topological polar surface area (TPSA) is 53.6 Å². The third kappa shape index (κ3) is 4.23. The van der Waals surface area contributed by atoms with E-state index in [-0.39, 0.29) is 11.4 Å². The molecule has 0 aromatic heterocycles. The van der Waals surface area contributed by atoms with Crippen molar-refractivity contribution < 1.29 is 9.53 Å². The van der Waals surface area contributed by atoms with E-state index in [4.69, 9.17) is 4.74 Å². The fourth-order valence-corrected chi connectivity index (χ4v) is 2.67. The molecule has 2 saturated heterocycles. The SMILES string of the molecule is CC1(NC(=O)CN2CCCNCC2)CCCOC1. The first-order chi connectivity index (χ1) is 8.68. The second kappa shape index (κ2) is 6.50. The Bertz CT molecular complexity index is 269. The lowest BCUT2D eigenvalue weighted by Crippen LogP contribution is -2.54. The largest absolute Gasteiger partial charge is 0.379 e. The number of carbonyl (C=O) groups is 1. The number of nitrogens with one attached hydrogen (secondary N) is 2. The molecule has 5 heteroatoms. The van der Waals surface area contributed by atoms with Gasteiger partial charge in [-0.3, -0.25) is 9.69 Å². The molecule has 2 fully saturated rings. The third-order valence-corrected chi connectivity index (χ3v) is 3.68. The van der Waals surface area contributed by atoms with E-state index in [1.165, 1.54) is 0 Å². The maximum Gasteiger partial charge on any atom is 0.234 e. The minimum atomic E-state index is -0.167. The molecule has 0 aromatic rings. The van der Waals surface area contributed by atoms with Crippen molar-refractivity contribution in [1.29, 1.82) is 0 Å². The van der Waals surface area contributed by atoms with Crippen LogP contribution in [0.25, 0.3) is 0 Å². The number of ether oxygens (including phenoxy) is 1. The van der Waals surface area contributed by atoms with Crippen LogP contribution in [0.3, 0.4) is 0 Å². The number of carbonyl (C=O) groups excluding carboxylic acids is 1. The highest BCUT2D eigenvalue weighted by Crippen LogP contribution is 2.18. The lowest BCUT2D eigenvalue weighted by Gasteiger charge is -2.35. The predicted molar refractivity (Wildman–Crippen MR) is 70.5 cm³/mol. The summed E-state index contributed by atoms with van der Waals surface area (Å²) in [5.41, 5.74) is -0.167. The molecular weight excluding hydrogens is 230 g/mol. The van der Waals surface area contributed by atoms with Gasteiger partial charge in [0, 0.05) is 19.7 Å². The Labute approximate surface area is 109 Å². The first-order valence-corrected chi connectivity index (χ1v) is 7.00. The molecule has 0 aliphatic carbocycles. The maximum atomic E-state index is 12.1. The zero-order chi connectivity index (χ0) is 12.8. The van der Waals surface area contributed by atoms with Crippen molar-refractivity contribution in [3.05, 3.63) is 0 Å². The number of amides is 1. The average Bonchev–Trinajstić information content (AvgIpc) is 2.57. The Morgan fingerprint density at radius 3 is 3.06 bits per heavy atom. The molecule has 1 atom stereocenters. The molecule has 0 saturated carbocycles. The summed E-state index contributed by atoms with van der Waals surface area (Å²) in [5, 5.41) is 6.48. The van der Waals surface area contributed by atoms with E-state index in [1.54, 1.807) is 0 Å². The minimum absolute atomic E-state index is 0.130. The summed E-state index contributed by atoms with van der Waals surface area (Å²) in [6.07, 6.45) is 3.17. The molecular formula is C13H25N3O2. The Morgan fingerprint density at radius 1 is 1.39 bits per heavy atom. The zero-order valence-corrected chi connectivity index (χ0v) is 11.3. The Hall–Kier alpha value is -0.650. The quantitative estimate of drug-likeness (QED) is 0.743. The van der Waals surface area contributed by atoms with E-state index >= 15 is 0 Å². The van der Waals surface area contributed by atoms with Crippen LogP contribution in [0.1, 0.15) is 26.2 Å². The van der Waals surface area contributed by atoms with Gasteiger partial charge in [-0.25, -0.2) is 0 Å². The zero-order valence-electron chi connectivity index (χ0n) is 11.3. The molecule has 2 rings (SSSR count). The fraction of sp³-hybridized carbons (Fsp3) is 0.923. The molecule has 2 heterocycles. The molecule has 2 N–H and O–H groups in total. The van der Waals surface area contributed by atoms with E-state index < -0.39 is 0 Å². The molecule has 2 aliphatic heterocycles. The second-order valence-electron chi connectivity index (χ2n) is 5.64. The van der Waals surface area contributed by atoms with Crippen LogP contribution in [0.5, 0.6) is 0 Å². The van der Waals surface area contributed by atoms with E-state index in [0.29, 0.717) is 13.2 Å². The molecule has 0 radical (unpaired) electrons. The number of hydrogen-bond donors (Lipinski definition) is 2. The fourth-order valence-electron chi connectivity index (χ4n) is 2.67. The van der Waals surface area contributed by atoms with Gasteiger partial charge in [-0.05, 0) is 39.3 Å². The summed E-state index contributed by atoms with van der Waals surface area (Å²) < 4.78 is 5.46. The van der Waals surface area contributed by atoms with Crippen molar-refractivity contribution in [3.63, 3.8) is 0 Å². The van der Waals surface area contributed by atoms with Gasteiger partial charge in [0.25, 0.3) is 0 Å². The first-order valence-electron chi connectivity index (χ1n) is 7.00. The van der Waals surface area contributed by atoms with Crippen LogP contribution < -0.4 is 10.6 Å². The van der Waals surface area contributed by atoms with Gasteiger partial charge in [-0.1, -0.05) is 0 Å². The van der Waals surface area contributed by atoms with E-state index in [0.717, 1.165) is 52.0 Å². The Balaban J connectivity index is 1.76. The van der Waals surface area contributed by atoms with E-state index in [2.05, 4.69) is 22.5 Å². The first kappa shape index (κ1) is 13.8. The standard InChI is InChI=1S/C13H25N3O2/c1-13(4-2-9-18-11-13)15-12(17)10-16-7-3-5-14-6-8-16/h14H,2-11H2,1H3,(H,15,17). The van der Waals surface area contributed by atoms with Crippen LogP contribution in [0.2, 0.25) is 0 Å². The normalized spacial score (nSPS) is 30.7. The lowest BCUT2D eigenvalue weighted by atomic mass is 9.95. The maximum absolute atomic E-state index is 12.1. The van der Waals surface area contributed by atoms with Crippen LogP contribution in [0.4, 0.5) is 0 Å². The Morgan fingerprint density at radius 2 is 2.28 bits per heavy atom. The Kier molecular flexibility index (Phi) is 4.97. The molecule has 0 aromatic carbocycles. The molecule has 0 spiro atoms. The summed E-state index contributed by atoms with van der Waals surface area (Å²) in [6, 6.07) is 0. The van der Waals surface area contributed by atoms with Crippen molar-refractivity contribution in [2.45, 2.75) is 31.7 Å². The van der Waals surface area contributed by atoms with Gasteiger partial charge in [-0.15, -0.1) is 0 Å². The molecule has 2 aliphatic rings. The monoisotopic (exact) mass is 255 g/mol. The predicted octanol–water partition coefficient (Wildman–Crippen LogP) is -0.0330. The molecule has 5 nitrogen and oxygen atoms in total. The summed E-state index contributed by atoms with van der Waals surface area (Å²) >= 11 is 0. The van der Waals surface area contributed by atoms with Gasteiger partial charge in [0.05, 0.1) is 18.7 Å². The van der Waals surface area contributed by atoms with Crippen molar-refractivity contribution >= 4 is 5.91 Å². The van der Waals surface area contributed by atoms with Crippen LogP contribution in [-0.2, 0) is 9.53 Å². The minimum Gasteiger partial charge on any atom is -0.379 e. The van der Waals surface area contributed by atoms with Crippen LogP contribution in [0, 0.1) is 0 Å². The summed E-state index contributed by atoms with van der Waals surface area (Å²) in [7, 11) is 0. The summed E-state index contributed by atoms with van der Waals surface area (Å²) in [6.45, 7) is 8.06. The van der Waals surface area contributed by atoms with Crippen molar-refractivity contribution in [2.24, 2.45) is 0 Å². The van der Waals surface area contributed by atoms with Crippen LogP contribution >= 0.6 is 0 Å². The highest BCUT2D eigenvalue weighted by Gasteiger charge is 2.29. The average molecular weight is 255 g/mol. The van der Waals surface area contributed by atoms with Gasteiger partial charge < -0.3 is 15.4 Å². The van der Waals surface area contributed by atoms with E-state index in [9.17, 15) is 4.79 Å². The molecule has 1 amide bonds. The number of rotatable bonds is 3. The number of nitrogens with zero attached hydrogens (tertiary/aromatic N) is 1. The molecule has 0 bridgehead atoms. The summed E-state index contributed by atoms with van der Waals surface area (Å²) in [4.78, 5) is 14.3. The highest BCUT2D eigenvalue weighted by atomic mass is 16.5. The van der Waals surface area contributed by atoms with Crippen molar-refractivity contribution in [1.82, 2.24) is 15.5 Å². The summed E-state index contributed by atoms with van der Waals surface area (Å²) in [5.74, 6) is 0.130. The van der Waals surface area contributed by atoms with Gasteiger partial charge in [-0.2, -0.15) is 0 Å². The molecule has 1 unspecified atom stereocenters. The smallest absolute Gasteiger partial charge is 0.234 e. The lowest BCUT2D eigenvalue weighted by molar-refractivity contribution is -0.125. The van der Waals surface area contributed by atoms with Crippen molar-refractivity contribution in [2.75, 3.05) is 45.9 Å². The van der Waals surface area contributed by atoms with Crippen LogP contribution in [0.15, 0.2) is 0 Å². The molecule has 104 valence electrons. The van der Waals surface area contributed by atoms with Gasteiger partial charge in [0.2, 0.25) is 5.91 Å². The van der Waals surface area contributed by atoms with Gasteiger partial charge in [0.15, 0.2) is 0 Å². The van der Waals surface area contributed by atoms with Gasteiger partial charge in [0.1, 0.15) is 0 Å². The highest BCUT2D eigenvalue weighted by molar-refractivity contribution is 5.78. The second-order valence-corrected chi connectivity index (χ2v) is 5.64. The van der Waals surface area contributed by atoms with E-state index in [1.807, 2.05) is 0 Å².